The number of hydrogen-bond acceptors (Lipinski definition) is 3. The molecule has 4 fully saturated rings. The Morgan fingerprint density at radius 2 is 1.80 bits per heavy atom. The number of carbonyl (C=O) groups is 1. The molecule has 4 aliphatic carbocycles. The quantitative estimate of drug-likeness (QED) is 0.883. The third-order valence-electron chi connectivity index (χ3n) is 5.62. The van der Waals surface area contributed by atoms with Gasteiger partial charge in [-0.25, -0.2) is 4.98 Å². The van der Waals surface area contributed by atoms with Gasteiger partial charge < -0.3 is 5.11 Å². The van der Waals surface area contributed by atoms with Gasteiger partial charge in [-0.3, -0.25) is 9.89 Å². The van der Waals surface area contributed by atoms with Crippen molar-refractivity contribution in [3.63, 3.8) is 0 Å². The lowest BCUT2D eigenvalue weighted by Crippen LogP contribution is -2.49. The van der Waals surface area contributed by atoms with Gasteiger partial charge in [-0.15, -0.1) is 0 Å². The van der Waals surface area contributed by atoms with E-state index in [-0.39, 0.29) is 11.8 Å². The van der Waals surface area contributed by atoms with E-state index in [9.17, 15) is 4.79 Å². The summed E-state index contributed by atoms with van der Waals surface area (Å²) in [5.41, 5.74) is 0.201. The van der Waals surface area contributed by atoms with Crippen LogP contribution in [0.15, 0.2) is 0 Å². The minimum atomic E-state index is -0.780. The van der Waals surface area contributed by atoms with Gasteiger partial charge in [0.25, 0.3) is 0 Å². The lowest BCUT2D eigenvalue weighted by molar-refractivity contribution is -0.137. The van der Waals surface area contributed by atoms with Crippen LogP contribution in [0, 0.1) is 17.8 Å². The molecule has 5 heteroatoms. The zero-order valence-corrected chi connectivity index (χ0v) is 11.6. The molecular formula is C15H21N3O2. The second-order valence-corrected chi connectivity index (χ2v) is 7.20. The number of nitrogens with one attached hydrogen (secondary N) is 1. The van der Waals surface area contributed by atoms with Crippen molar-refractivity contribution in [3.05, 3.63) is 11.6 Å². The van der Waals surface area contributed by atoms with Gasteiger partial charge in [0.05, 0.1) is 6.42 Å². The van der Waals surface area contributed by atoms with E-state index in [1.165, 1.54) is 38.5 Å². The molecule has 2 N–H and O–H groups in total. The molecule has 0 spiro atoms. The van der Waals surface area contributed by atoms with Crippen LogP contribution in [0.2, 0.25) is 0 Å². The molecule has 5 nitrogen and oxygen atoms in total. The van der Waals surface area contributed by atoms with Crippen molar-refractivity contribution < 1.29 is 9.90 Å². The van der Waals surface area contributed by atoms with E-state index in [1.54, 1.807) is 0 Å². The largest absolute Gasteiger partial charge is 0.481 e. The molecule has 0 atom stereocenters. The van der Waals surface area contributed by atoms with Crippen molar-refractivity contribution in [2.75, 3.05) is 0 Å². The molecule has 1 aromatic rings. The van der Waals surface area contributed by atoms with Crippen molar-refractivity contribution in [2.45, 2.75) is 56.8 Å². The van der Waals surface area contributed by atoms with Crippen molar-refractivity contribution in [1.29, 1.82) is 0 Å². The minimum absolute atomic E-state index is 0.121. The molecule has 4 saturated carbocycles. The maximum absolute atomic E-state index is 10.6. The van der Waals surface area contributed by atoms with E-state index in [2.05, 4.69) is 15.2 Å². The van der Waals surface area contributed by atoms with Crippen LogP contribution >= 0.6 is 0 Å². The Kier molecular flexibility index (Phi) is 2.66. The number of hydrogen-bond donors (Lipinski definition) is 2. The zero-order chi connectivity index (χ0) is 13.7. The summed E-state index contributed by atoms with van der Waals surface area (Å²) in [5.74, 6) is 3.56. The Morgan fingerprint density at radius 1 is 1.20 bits per heavy atom. The van der Waals surface area contributed by atoms with E-state index in [4.69, 9.17) is 5.11 Å². The summed E-state index contributed by atoms with van der Waals surface area (Å²) in [4.78, 5) is 15.3. The molecule has 20 heavy (non-hydrogen) atoms. The number of nitrogens with zero attached hydrogens (tertiary/aromatic N) is 2. The third kappa shape index (κ3) is 1.95. The Hall–Kier alpha value is -1.39. The number of H-pyrrole nitrogens is 1. The fourth-order valence-electron chi connectivity index (χ4n) is 5.25. The Labute approximate surface area is 118 Å². The average molecular weight is 275 g/mol. The van der Waals surface area contributed by atoms with Gasteiger partial charge >= 0.3 is 5.97 Å². The van der Waals surface area contributed by atoms with Crippen molar-refractivity contribution in [1.82, 2.24) is 15.2 Å². The van der Waals surface area contributed by atoms with Gasteiger partial charge in [-0.1, -0.05) is 0 Å². The molecule has 0 unspecified atom stereocenters. The first-order valence-corrected chi connectivity index (χ1v) is 7.76. The molecular weight excluding hydrogens is 254 g/mol. The summed E-state index contributed by atoms with van der Waals surface area (Å²) in [6.45, 7) is 0. The number of carboxylic acid groups (broad SMARTS) is 1. The number of aryl methyl sites for hydroxylation is 1. The van der Waals surface area contributed by atoms with E-state index in [0.29, 0.717) is 6.42 Å². The summed E-state index contributed by atoms with van der Waals surface area (Å²) >= 11 is 0. The van der Waals surface area contributed by atoms with Gasteiger partial charge in [-0.2, -0.15) is 5.10 Å². The van der Waals surface area contributed by atoms with Crippen LogP contribution in [0.1, 0.15) is 56.6 Å². The number of rotatable bonds is 4. The predicted molar refractivity (Wildman–Crippen MR) is 72.2 cm³/mol. The molecule has 0 saturated heterocycles. The molecule has 1 aromatic heterocycles. The van der Waals surface area contributed by atoms with Gasteiger partial charge in [0.2, 0.25) is 0 Å². The van der Waals surface area contributed by atoms with Crippen LogP contribution in [0.5, 0.6) is 0 Å². The predicted octanol–water partition coefficient (Wildman–Crippen LogP) is 2.29. The van der Waals surface area contributed by atoms with Crippen molar-refractivity contribution in [3.8, 4) is 0 Å². The molecule has 108 valence electrons. The van der Waals surface area contributed by atoms with E-state index < -0.39 is 5.97 Å². The van der Waals surface area contributed by atoms with Gasteiger partial charge in [-0.05, 0) is 56.3 Å². The Bertz CT molecular complexity index is 502. The highest BCUT2D eigenvalue weighted by atomic mass is 16.4. The van der Waals surface area contributed by atoms with E-state index in [0.717, 1.165) is 29.4 Å². The first-order valence-electron chi connectivity index (χ1n) is 7.76. The maximum atomic E-state index is 10.6. The van der Waals surface area contributed by atoms with Gasteiger partial charge in [0.15, 0.2) is 5.82 Å². The van der Waals surface area contributed by atoms with Gasteiger partial charge in [0.1, 0.15) is 5.82 Å². The van der Waals surface area contributed by atoms with Gasteiger partial charge in [0, 0.05) is 11.8 Å². The second kappa shape index (κ2) is 4.30. The number of aliphatic carboxylic acids is 1. The average Bonchev–Trinajstić information content (AvgIpc) is 2.84. The Morgan fingerprint density at radius 3 is 2.35 bits per heavy atom. The smallest absolute Gasteiger partial charge is 0.303 e. The Balaban J connectivity index is 1.56. The highest BCUT2D eigenvalue weighted by Gasteiger charge is 2.53. The van der Waals surface area contributed by atoms with Crippen LogP contribution in [0.25, 0.3) is 0 Å². The molecule has 1 heterocycles. The molecule has 4 aliphatic rings. The fraction of sp³-hybridized carbons (Fsp3) is 0.800. The standard InChI is InChI=1S/C15H21N3O2/c19-13(20)2-1-12-16-14(18-17-12)15-6-9-3-10(7-15)5-11(4-9)8-15/h9-11H,1-8H2,(H,19,20)(H,16,17,18). The summed E-state index contributed by atoms with van der Waals surface area (Å²) in [5, 5.41) is 16.2. The highest BCUT2D eigenvalue weighted by Crippen LogP contribution is 2.60. The second-order valence-electron chi connectivity index (χ2n) is 7.20. The highest BCUT2D eigenvalue weighted by molar-refractivity contribution is 5.66. The number of aromatic nitrogens is 3. The minimum Gasteiger partial charge on any atom is -0.481 e. The SMILES string of the molecule is O=C(O)CCc1nc(C23CC4CC(CC(C4)C2)C3)n[nH]1. The topological polar surface area (TPSA) is 78.9 Å². The normalized spacial score (nSPS) is 38.3. The summed E-state index contributed by atoms with van der Waals surface area (Å²) in [6.07, 6.45) is 8.55. The lowest BCUT2D eigenvalue weighted by atomic mass is 9.49. The molecule has 5 rings (SSSR count). The van der Waals surface area contributed by atoms with Crippen LogP contribution in [-0.4, -0.2) is 26.3 Å². The number of aromatic amines is 1. The molecule has 0 radical (unpaired) electrons. The zero-order valence-electron chi connectivity index (χ0n) is 11.6. The molecule has 0 amide bonds. The van der Waals surface area contributed by atoms with E-state index >= 15 is 0 Å². The van der Waals surface area contributed by atoms with Crippen molar-refractivity contribution >= 4 is 5.97 Å². The van der Waals surface area contributed by atoms with Crippen LogP contribution in [0.3, 0.4) is 0 Å². The van der Waals surface area contributed by atoms with Crippen molar-refractivity contribution in [2.24, 2.45) is 17.8 Å². The fourth-order valence-corrected chi connectivity index (χ4v) is 5.25. The molecule has 0 aliphatic heterocycles. The first-order chi connectivity index (χ1) is 9.63. The first kappa shape index (κ1) is 12.4. The molecule has 4 bridgehead atoms. The number of carboxylic acids is 1. The summed E-state index contributed by atoms with van der Waals surface area (Å²) in [6, 6.07) is 0. The van der Waals surface area contributed by atoms with Crippen LogP contribution in [-0.2, 0) is 16.6 Å². The van der Waals surface area contributed by atoms with E-state index in [1.807, 2.05) is 0 Å². The summed E-state index contributed by atoms with van der Waals surface area (Å²) < 4.78 is 0. The monoisotopic (exact) mass is 275 g/mol. The summed E-state index contributed by atoms with van der Waals surface area (Å²) in [7, 11) is 0. The van der Waals surface area contributed by atoms with Crippen LogP contribution in [0.4, 0.5) is 0 Å². The third-order valence-corrected chi connectivity index (χ3v) is 5.62. The maximum Gasteiger partial charge on any atom is 0.303 e. The lowest BCUT2D eigenvalue weighted by Gasteiger charge is -2.55. The molecule has 0 aromatic carbocycles. The van der Waals surface area contributed by atoms with Crippen LogP contribution < -0.4 is 0 Å².